The molecule has 0 aromatic heterocycles. The van der Waals surface area contributed by atoms with Gasteiger partial charge in [0.25, 0.3) is 0 Å². The Kier molecular flexibility index (Phi) is 4.34. The third-order valence-corrected chi connectivity index (χ3v) is 4.54. The summed E-state index contributed by atoms with van der Waals surface area (Å²) in [5.41, 5.74) is 1.16. The van der Waals surface area contributed by atoms with Crippen LogP contribution >= 0.6 is 0 Å². The van der Waals surface area contributed by atoms with Crippen molar-refractivity contribution in [1.82, 2.24) is 0 Å². The molecule has 0 spiro atoms. The first kappa shape index (κ1) is 13.6. The highest BCUT2D eigenvalue weighted by Gasteiger charge is 2.20. The van der Waals surface area contributed by atoms with Gasteiger partial charge < -0.3 is 14.8 Å². The summed E-state index contributed by atoms with van der Waals surface area (Å²) in [5, 5.41) is 3.66. The molecule has 20 heavy (non-hydrogen) atoms. The standard InChI is InChI=1S/C17H25NO2/c1-2-13-4-6-14(7-5-13)18-15-8-9-16-17(12-15)20-11-3-10-19-16/h8-9,12-14,18H,2-7,10-11H2,1H3. The maximum absolute atomic E-state index is 5.75. The molecule has 0 saturated heterocycles. The molecule has 1 fully saturated rings. The Morgan fingerprint density at radius 2 is 1.80 bits per heavy atom. The van der Waals surface area contributed by atoms with Gasteiger partial charge in [-0.15, -0.1) is 0 Å². The van der Waals surface area contributed by atoms with Crippen molar-refractivity contribution in [3.8, 4) is 11.5 Å². The third-order valence-electron chi connectivity index (χ3n) is 4.54. The van der Waals surface area contributed by atoms with Gasteiger partial charge in [-0.05, 0) is 43.7 Å². The van der Waals surface area contributed by atoms with Crippen LogP contribution in [0.25, 0.3) is 0 Å². The molecule has 1 N–H and O–H groups in total. The summed E-state index contributed by atoms with van der Waals surface area (Å²) in [6.07, 6.45) is 7.58. The molecule has 110 valence electrons. The molecule has 1 aromatic carbocycles. The summed E-state index contributed by atoms with van der Waals surface area (Å²) < 4.78 is 11.4. The van der Waals surface area contributed by atoms with E-state index in [1.807, 2.05) is 6.07 Å². The van der Waals surface area contributed by atoms with Gasteiger partial charge in [-0.25, -0.2) is 0 Å². The molecule has 0 bridgehead atoms. The third kappa shape index (κ3) is 3.20. The summed E-state index contributed by atoms with van der Waals surface area (Å²) >= 11 is 0. The first-order valence-corrected chi connectivity index (χ1v) is 8.01. The van der Waals surface area contributed by atoms with Crippen LogP contribution in [0.2, 0.25) is 0 Å². The molecule has 3 heteroatoms. The fourth-order valence-electron chi connectivity index (χ4n) is 3.20. The average molecular weight is 275 g/mol. The molecule has 0 atom stereocenters. The molecular weight excluding hydrogens is 250 g/mol. The van der Waals surface area contributed by atoms with E-state index in [-0.39, 0.29) is 0 Å². The van der Waals surface area contributed by atoms with Crippen LogP contribution in [-0.4, -0.2) is 19.3 Å². The molecule has 1 saturated carbocycles. The van der Waals surface area contributed by atoms with E-state index in [4.69, 9.17) is 9.47 Å². The highest BCUT2D eigenvalue weighted by atomic mass is 16.5. The van der Waals surface area contributed by atoms with Gasteiger partial charge in [-0.3, -0.25) is 0 Å². The zero-order chi connectivity index (χ0) is 13.8. The molecule has 0 unspecified atom stereocenters. The Labute approximate surface area is 121 Å². The average Bonchev–Trinajstić information content (AvgIpc) is 2.73. The van der Waals surface area contributed by atoms with E-state index in [1.54, 1.807) is 0 Å². The Morgan fingerprint density at radius 1 is 1.05 bits per heavy atom. The molecule has 2 aliphatic rings. The zero-order valence-corrected chi connectivity index (χ0v) is 12.4. The molecule has 1 heterocycles. The molecule has 3 nitrogen and oxygen atoms in total. The Bertz CT molecular complexity index is 439. The number of hydrogen-bond acceptors (Lipinski definition) is 3. The predicted octanol–water partition coefficient (Wildman–Crippen LogP) is 4.23. The molecular formula is C17H25NO2. The van der Waals surface area contributed by atoms with E-state index in [9.17, 15) is 0 Å². The van der Waals surface area contributed by atoms with Gasteiger partial charge in [-0.1, -0.05) is 13.3 Å². The minimum Gasteiger partial charge on any atom is -0.490 e. The predicted molar refractivity (Wildman–Crippen MR) is 81.7 cm³/mol. The van der Waals surface area contributed by atoms with Crippen molar-refractivity contribution in [2.24, 2.45) is 5.92 Å². The summed E-state index contributed by atoms with van der Waals surface area (Å²) in [6.45, 7) is 3.81. The molecule has 1 aliphatic carbocycles. The molecule has 1 aliphatic heterocycles. The van der Waals surface area contributed by atoms with Crippen molar-refractivity contribution in [1.29, 1.82) is 0 Å². The van der Waals surface area contributed by atoms with Crippen molar-refractivity contribution in [3.05, 3.63) is 18.2 Å². The van der Waals surface area contributed by atoms with Gasteiger partial charge in [0.2, 0.25) is 0 Å². The quantitative estimate of drug-likeness (QED) is 0.895. The number of rotatable bonds is 3. The lowest BCUT2D eigenvalue weighted by molar-refractivity contribution is 0.297. The normalized spacial score (nSPS) is 25.9. The second-order valence-electron chi connectivity index (χ2n) is 5.98. The number of anilines is 1. The first-order chi connectivity index (χ1) is 9.85. The minimum absolute atomic E-state index is 0.613. The van der Waals surface area contributed by atoms with Crippen molar-refractivity contribution >= 4 is 5.69 Å². The number of fused-ring (bicyclic) bond motifs is 1. The van der Waals surface area contributed by atoms with Crippen LogP contribution in [0.3, 0.4) is 0 Å². The second kappa shape index (κ2) is 6.38. The van der Waals surface area contributed by atoms with Crippen LogP contribution in [0.1, 0.15) is 45.4 Å². The van der Waals surface area contributed by atoms with Crippen molar-refractivity contribution in [3.63, 3.8) is 0 Å². The van der Waals surface area contributed by atoms with E-state index in [2.05, 4.69) is 24.4 Å². The summed E-state index contributed by atoms with van der Waals surface area (Å²) in [4.78, 5) is 0. The highest BCUT2D eigenvalue weighted by molar-refractivity contribution is 5.55. The largest absolute Gasteiger partial charge is 0.490 e. The lowest BCUT2D eigenvalue weighted by atomic mass is 9.84. The molecule has 0 amide bonds. The number of benzene rings is 1. The fraction of sp³-hybridized carbons (Fsp3) is 0.647. The van der Waals surface area contributed by atoms with Gasteiger partial charge in [0.05, 0.1) is 13.2 Å². The number of ether oxygens (including phenoxy) is 2. The van der Waals surface area contributed by atoms with Gasteiger partial charge in [-0.2, -0.15) is 0 Å². The number of hydrogen-bond donors (Lipinski definition) is 1. The lowest BCUT2D eigenvalue weighted by Crippen LogP contribution is -2.25. The summed E-state index contributed by atoms with van der Waals surface area (Å²) in [6, 6.07) is 6.84. The molecule has 1 aromatic rings. The SMILES string of the molecule is CCC1CCC(Nc2ccc3c(c2)OCCCO3)CC1. The fourth-order valence-corrected chi connectivity index (χ4v) is 3.20. The second-order valence-corrected chi connectivity index (χ2v) is 5.98. The smallest absolute Gasteiger partial charge is 0.163 e. The Hall–Kier alpha value is -1.38. The summed E-state index contributed by atoms with van der Waals surface area (Å²) in [5.74, 6) is 2.70. The van der Waals surface area contributed by atoms with Gasteiger partial charge >= 0.3 is 0 Å². The number of nitrogens with one attached hydrogen (secondary N) is 1. The first-order valence-electron chi connectivity index (χ1n) is 8.01. The Morgan fingerprint density at radius 3 is 2.55 bits per heavy atom. The van der Waals surface area contributed by atoms with E-state index >= 15 is 0 Å². The molecule has 3 rings (SSSR count). The van der Waals surface area contributed by atoms with Gasteiger partial charge in [0, 0.05) is 24.2 Å². The van der Waals surface area contributed by atoms with Crippen LogP contribution in [-0.2, 0) is 0 Å². The van der Waals surface area contributed by atoms with Crippen LogP contribution < -0.4 is 14.8 Å². The topological polar surface area (TPSA) is 30.5 Å². The molecule has 0 radical (unpaired) electrons. The van der Waals surface area contributed by atoms with E-state index in [0.717, 1.165) is 42.7 Å². The highest BCUT2D eigenvalue weighted by Crippen LogP contribution is 2.34. The van der Waals surface area contributed by atoms with E-state index < -0.39 is 0 Å². The van der Waals surface area contributed by atoms with Crippen molar-refractivity contribution in [2.75, 3.05) is 18.5 Å². The minimum atomic E-state index is 0.613. The maximum Gasteiger partial charge on any atom is 0.163 e. The van der Waals surface area contributed by atoms with Crippen LogP contribution in [0.15, 0.2) is 18.2 Å². The van der Waals surface area contributed by atoms with Crippen LogP contribution in [0, 0.1) is 5.92 Å². The van der Waals surface area contributed by atoms with Gasteiger partial charge in [0.15, 0.2) is 11.5 Å². The van der Waals surface area contributed by atoms with E-state index in [0.29, 0.717) is 6.04 Å². The van der Waals surface area contributed by atoms with E-state index in [1.165, 1.54) is 32.1 Å². The van der Waals surface area contributed by atoms with Crippen molar-refractivity contribution in [2.45, 2.75) is 51.5 Å². The monoisotopic (exact) mass is 275 g/mol. The van der Waals surface area contributed by atoms with Crippen LogP contribution in [0.5, 0.6) is 11.5 Å². The van der Waals surface area contributed by atoms with Crippen molar-refractivity contribution < 1.29 is 9.47 Å². The Balaban J connectivity index is 1.62. The van der Waals surface area contributed by atoms with Gasteiger partial charge in [0.1, 0.15) is 0 Å². The van der Waals surface area contributed by atoms with Crippen LogP contribution in [0.4, 0.5) is 5.69 Å². The maximum atomic E-state index is 5.75. The zero-order valence-electron chi connectivity index (χ0n) is 12.4. The summed E-state index contributed by atoms with van der Waals surface area (Å²) in [7, 11) is 0. The lowest BCUT2D eigenvalue weighted by Gasteiger charge is -2.29.